The number of rotatable bonds is 2. The molecule has 0 atom stereocenters. The topological polar surface area (TPSA) is 50.9 Å². The van der Waals surface area contributed by atoms with Crippen molar-refractivity contribution >= 4 is 10.8 Å². The summed E-state index contributed by atoms with van der Waals surface area (Å²) in [6, 6.07) is 12.0. The predicted molar refractivity (Wildman–Crippen MR) is 69.8 cm³/mol. The molecule has 7 heteroatoms. The number of aliphatic hydroxyl groups is 1. The quantitative estimate of drug-likeness (QED) is 0.790. The number of benzene rings is 2. The van der Waals surface area contributed by atoms with Crippen molar-refractivity contribution in [3.05, 3.63) is 53.9 Å². The van der Waals surface area contributed by atoms with Gasteiger partial charge in [-0.05, 0) is 11.5 Å². The zero-order valence-corrected chi connectivity index (χ0v) is 10.7. The molecule has 21 heavy (non-hydrogen) atoms. The monoisotopic (exact) mass is 293 g/mol. The molecular formula is C14H10F3N3O. The van der Waals surface area contributed by atoms with Gasteiger partial charge in [0.1, 0.15) is 5.69 Å². The first-order chi connectivity index (χ1) is 10.0. The highest BCUT2D eigenvalue weighted by molar-refractivity contribution is 5.90. The van der Waals surface area contributed by atoms with Gasteiger partial charge in [-0.15, -0.1) is 5.10 Å². The molecule has 1 aromatic heterocycles. The maximum atomic E-state index is 13.2. The average Bonchev–Trinajstić information content (AvgIpc) is 2.90. The Hall–Kier alpha value is -2.41. The molecule has 2 aromatic carbocycles. The Morgan fingerprint density at radius 3 is 2.48 bits per heavy atom. The molecule has 108 valence electrons. The number of halogens is 3. The number of hydrogen-bond acceptors (Lipinski definition) is 3. The van der Waals surface area contributed by atoms with Gasteiger partial charge in [0.05, 0.1) is 12.3 Å². The van der Waals surface area contributed by atoms with Crippen molar-refractivity contribution in [1.82, 2.24) is 15.0 Å². The molecule has 0 aliphatic rings. The van der Waals surface area contributed by atoms with Gasteiger partial charge in [-0.2, -0.15) is 13.2 Å². The van der Waals surface area contributed by atoms with Gasteiger partial charge in [0.25, 0.3) is 0 Å². The van der Waals surface area contributed by atoms with Gasteiger partial charge in [0, 0.05) is 5.39 Å². The number of hydrogen-bond donors (Lipinski definition) is 1. The van der Waals surface area contributed by atoms with E-state index in [1.807, 2.05) is 0 Å². The standard InChI is InChI=1S/C14H10F3N3O/c15-14(16,17)13-11(8-21)18-19-20(13)12-7-3-5-9-4-1-2-6-10(9)12/h1-7,21H,8H2. The second kappa shape index (κ2) is 4.85. The van der Waals surface area contributed by atoms with E-state index < -0.39 is 24.2 Å². The number of nitrogens with zero attached hydrogens (tertiary/aromatic N) is 3. The third-order valence-electron chi connectivity index (χ3n) is 3.15. The maximum absolute atomic E-state index is 13.2. The van der Waals surface area contributed by atoms with Crippen LogP contribution in [-0.4, -0.2) is 20.1 Å². The fourth-order valence-electron chi connectivity index (χ4n) is 2.26. The van der Waals surface area contributed by atoms with Crippen LogP contribution in [-0.2, 0) is 12.8 Å². The van der Waals surface area contributed by atoms with Crippen LogP contribution in [0, 0.1) is 0 Å². The molecule has 0 aliphatic heterocycles. The molecule has 4 nitrogen and oxygen atoms in total. The van der Waals surface area contributed by atoms with Crippen LogP contribution in [0.4, 0.5) is 13.2 Å². The first-order valence-corrected chi connectivity index (χ1v) is 6.13. The summed E-state index contributed by atoms with van der Waals surface area (Å²) >= 11 is 0. The molecule has 3 rings (SSSR count). The second-order valence-electron chi connectivity index (χ2n) is 4.45. The summed E-state index contributed by atoms with van der Waals surface area (Å²) in [5, 5.41) is 17.4. The lowest BCUT2D eigenvalue weighted by atomic mass is 10.1. The van der Waals surface area contributed by atoms with E-state index >= 15 is 0 Å². The number of aliphatic hydroxyl groups excluding tert-OH is 1. The minimum atomic E-state index is -4.65. The normalized spacial score (nSPS) is 12.0. The Morgan fingerprint density at radius 2 is 1.76 bits per heavy atom. The molecule has 0 fully saturated rings. The summed E-state index contributed by atoms with van der Waals surface area (Å²) in [4.78, 5) is 0. The fourth-order valence-corrected chi connectivity index (χ4v) is 2.26. The number of fused-ring (bicyclic) bond motifs is 1. The maximum Gasteiger partial charge on any atom is 0.435 e. The van der Waals surface area contributed by atoms with Gasteiger partial charge in [0.15, 0.2) is 5.69 Å². The van der Waals surface area contributed by atoms with Crippen molar-refractivity contribution in [2.45, 2.75) is 12.8 Å². The van der Waals surface area contributed by atoms with Crippen LogP contribution in [0.5, 0.6) is 0 Å². The van der Waals surface area contributed by atoms with Crippen LogP contribution in [0.2, 0.25) is 0 Å². The van der Waals surface area contributed by atoms with Crippen LogP contribution in [0.3, 0.4) is 0 Å². The molecule has 0 unspecified atom stereocenters. The minimum Gasteiger partial charge on any atom is -0.390 e. The molecular weight excluding hydrogens is 283 g/mol. The second-order valence-corrected chi connectivity index (χ2v) is 4.45. The molecule has 0 saturated carbocycles. The van der Waals surface area contributed by atoms with Crippen LogP contribution in [0.25, 0.3) is 16.5 Å². The molecule has 0 radical (unpaired) electrons. The lowest BCUT2D eigenvalue weighted by Gasteiger charge is -2.12. The number of alkyl halides is 3. The van der Waals surface area contributed by atoms with Gasteiger partial charge in [-0.3, -0.25) is 0 Å². The van der Waals surface area contributed by atoms with Crippen LogP contribution in [0.15, 0.2) is 42.5 Å². The van der Waals surface area contributed by atoms with Gasteiger partial charge >= 0.3 is 6.18 Å². The highest BCUT2D eigenvalue weighted by Gasteiger charge is 2.39. The lowest BCUT2D eigenvalue weighted by molar-refractivity contribution is -0.143. The zero-order valence-electron chi connectivity index (χ0n) is 10.7. The van der Waals surface area contributed by atoms with E-state index in [1.165, 1.54) is 6.07 Å². The minimum absolute atomic E-state index is 0.271. The van der Waals surface area contributed by atoms with Crippen molar-refractivity contribution in [3.63, 3.8) is 0 Å². The molecule has 0 saturated heterocycles. The first-order valence-electron chi connectivity index (χ1n) is 6.13. The van der Waals surface area contributed by atoms with E-state index in [0.29, 0.717) is 5.39 Å². The van der Waals surface area contributed by atoms with Crippen LogP contribution in [0.1, 0.15) is 11.4 Å². The van der Waals surface area contributed by atoms with Crippen molar-refractivity contribution < 1.29 is 18.3 Å². The van der Waals surface area contributed by atoms with Gasteiger partial charge in [-0.25, -0.2) is 4.68 Å². The zero-order chi connectivity index (χ0) is 15.0. The van der Waals surface area contributed by atoms with E-state index in [-0.39, 0.29) is 5.69 Å². The van der Waals surface area contributed by atoms with E-state index in [0.717, 1.165) is 10.1 Å². The molecule has 0 bridgehead atoms. The lowest BCUT2D eigenvalue weighted by Crippen LogP contribution is -2.15. The molecule has 0 spiro atoms. The van der Waals surface area contributed by atoms with Crippen molar-refractivity contribution in [2.24, 2.45) is 0 Å². The van der Waals surface area contributed by atoms with E-state index in [1.54, 1.807) is 36.4 Å². The Morgan fingerprint density at radius 1 is 1.05 bits per heavy atom. The van der Waals surface area contributed by atoms with E-state index in [9.17, 15) is 13.2 Å². The number of aromatic nitrogens is 3. The third kappa shape index (κ3) is 2.25. The summed E-state index contributed by atoms with van der Waals surface area (Å²) in [6.07, 6.45) is -4.65. The molecule has 0 aliphatic carbocycles. The SMILES string of the molecule is OCc1nnn(-c2cccc3ccccc23)c1C(F)(F)F. The Balaban J connectivity index is 2.32. The Labute approximate surface area is 117 Å². The van der Waals surface area contributed by atoms with Crippen molar-refractivity contribution in [1.29, 1.82) is 0 Å². The fraction of sp³-hybridized carbons (Fsp3) is 0.143. The van der Waals surface area contributed by atoms with Gasteiger partial charge in [0.2, 0.25) is 0 Å². The van der Waals surface area contributed by atoms with Crippen LogP contribution >= 0.6 is 0 Å². The molecule has 1 N–H and O–H groups in total. The molecule has 1 heterocycles. The summed E-state index contributed by atoms with van der Waals surface area (Å²) in [5.41, 5.74) is -1.27. The largest absolute Gasteiger partial charge is 0.435 e. The summed E-state index contributed by atoms with van der Waals surface area (Å²) in [7, 11) is 0. The van der Waals surface area contributed by atoms with Crippen molar-refractivity contribution in [3.8, 4) is 5.69 Å². The van der Waals surface area contributed by atoms with E-state index in [4.69, 9.17) is 5.11 Å². The average molecular weight is 293 g/mol. The summed E-state index contributed by atoms with van der Waals surface area (Å²) < 4.78 is 40.3. The molecule has 3 aromatic rings. The highest BCUT2D eigenvalue weighted by atomic mass is 19.4. The smallest absolute Gasteiger partial charge is 0.390 e. The van der Waals surface area contributed by atoms with Gasteiger partial charge < -0.3 is 5.11 Å². The first kappa shape index (κ1) is 13.6. The third-order valence-corrected chi connectivity index (χ3v) is 3.15. The van der Waals surface area contributed by atoms with Crippen LogP contribution < -0.4 is 0 Å². The molecule has 0 amide bonds. The highest BCUT2D eigenvalue weighted by Crippen LogP contribution is 2.34. The Bertz CT molecular complexity index is 790. The Kier molecular flexibility index (Phi) is 3.13. The van der Waals surface area contributed by atoms with E-state index in [2.05, 4.69) is 10.3 Å². The summed E-state index contributed by atoms with van der Waals surface area (Å²) in [5.74, 6) is 0. The predicted octanol–water partition coefficient (Wildman–Crippen LogP) is 2.93. The summed E-state index contributed by atoms with van der Waals surface area (Å²) in [6.45, 7) is -0.820. The van der Waals surface area contributed by atoms with Crippen molar-refractivity contribution in [2.75, 3.05) is 0 Å². The van der Waals surface area contributed by atoms with Gasteiger partial charge in [-0.1, -0.05) is 41.6 Å².